The van der Waals surface area contributed by atoms with Gasteiger partial charge in [0.25, 0.3) is 0 Å². The fourth-order valence-electron chi connectivity index (χ4n) is 3.57. The van der Waals surface area contributed by atoms with Crippen LogP contribution in [-0.4, -0.2) is 46.0 Å². The first-order valence-corrected chi connectivity index (χ1v) is 12.2. The number of amides is 3. The van der Waals surface area contributed by atoms with Gasteiger partial charge in [0.05, 0.1) is 0 Å². The van der Waals surface area contributed by atoms with Gasteiger partial charge in [-0.15, -0.1) is 0 Å². The summed E-state index contributed by atoms with van der Waals surface area (Å²) in [5, 5.41) is 5.74. The number of benzene rings is 1. The van der Waals surface area contributed by atoms with Gasteiger partial charge in [-0.2, -0.15) is 0 Å². The molecule has 2 N–H and O–H groups in total. The van der Waals surface area contributed by atoms with Gasteiger partial charge in [-0.05, 0) is 73.3 Å². The van der Waals surface area contributed by atoms with E-state index in [0.29, 0.717) is 6.42 Å². The van der Waals surface area contributed by atoms with E-state index in [-0.39, 0.29) is 23.8 Å². The maximum atomic E-state index is 14.1. The van der Waals surface area contributed by atoms with Crippen LogP contribution in [0.3, 0.4) is 0 Å². The van der Waals surface area contributed by atoms with E-state index in [1.807, 2.05) is 79.7 Å². The lowest BCUT2D eigenvalue weighted by Gasteiger charge is -2.45. The summed E-state index contributed by atoms with van der Waals surface area (Å²) >= 11 is 0. The van der Waals surface area contributed by atoms with Crippen molar-refractivity contribution in [2.75, 3.05) is 0 Å². The second-order valence-corrected chi connectivity index (χ2v) is 11.2. The van der Waals surface area contributed by atoms with Crippen molar-refractivity contribution in [2.24, 2.45) is 5.92 Å². The Morgan fingerprint density at radius 2 is 1.47 bits per heavy atom. The molecule has 1 aromatic carbocycles. The Balaban J connectivity index is 3.59. The number of carbonyl (C=O) groups is 3. The van der Waals surface area contributed by atoms with E-state index in [2.05, 4.69) is 10.6 Å². The average Bonchev–Trinajstić information content (AvgIpc) is 2.68. The highest BCUT2D eigenvalue weighted by Crippen LogP contribution is 2.33. The molecule has 0 saturated heterocycles. The van der Waals surface area contributed by atoms with Gasteiger partial charge in [0, 0.05) is 11.6 Å². The number of nitrogens with zero attached hydrogens (tertiary/aromatic N) is 1. The molecular formula is C27H45N3O4. The molecule has 7 nitrogen and oxygen atoms in total. The second kappa shape index (κ2) is 11.7. The molecule has 1 aromatic rings. The van der Waals surface area contributed by atoms with Crippen molar-refractivity contribution in [3.63, 3.8) is 0 Å². The Morgan fingerprint density at radius 1 is 0.941 bits per heavy atom. The zero-order valence-electron chi connectivity index (χ0n) is 22.9. The highest BCUT2D eigenvalue weighted by atomic mass is 16.6. The third-order valence-electron chi connectivity index (χ3n) is 5.69. The van der Waals surface area contributed by atoms with Gasteiger partial charge in [0.1, 0.15) is 17.7 Å². The maximum Gasteiger partial charge on any atom is 0.408 e. The van der Waals surface area contributed by atoms with Crippen LogP contribution in [0.25, 0.3) is 0 Å². The van der Waals surface area contributed by atoms with E-state index in [4.69, 9.17) is 4.74 Å². The number of alkyl carbamates (subject to hydrolysis) is 1. The number of aryl methyl sites for hydroxylation is 1. The summed E-state index contributed by atoms with van der Waals surface area (Å²) in [6.45, 7) is 20.7. The van der Waals surface area contributed by atoms with Crippen LogP contribution in [0.5, 0.6) is 0 Å². The number of ether oxygens (including phenoxy) is 1. The normalized spacial score (nSPS) is 13.9. The summed E-state index contributed by atoms with van der Waals surface area (Å²) in [5.41, 5.74) is 0.423. The summed E-state index contributed by atoms with van der Waals surface area (Å²) in [6, 6.07) is 5.84. The zero-order valence-corrected chi connectivity index (χ0v) is 22.9. The molecule has 3 amide bonds. The van der Waals surface area contributed by atoms with Gasteiger partial charge in [-0.1, -0.05) is 50.6 Å². The fraction of sp³-hybridized carbons (Fsp3) is 0.667. The third kappa shape index (κ3) is 8.33. The smallest absolute Gasteiger partial charge is 0.408 e. The Kier molecular flexibility index (Phi) is 10.2. The highest BCUT2D eigenvalue weighted by molar-refractivity contribution is 5.93. The molecule has 2 unspecified atom stereocenters. The minimum atomic E-state index is -0.861. The van der Waals surface area contributed by atoms with Crippen LogP contribution >= 0.6 is 0 Å². The van der Waals surface area contributed by atoms with Crippen molar-refractivity contribution in [2.45, 2.75) is 112 Å². The molecule has 0 aromatic heterocycles. The molecule has 34 heavy (non-hydrogen) atoms. The Labute approximate surface area is 206 Å². The number of hydrogen-bond donors (Lipinski definition) is 2. The van der Waals surface area contributed by atoms with Gasteiger partial charge < -0.3 is 20.3 Å². The molecule has 0 radical (unpaired) electrons. The van der Waals surface area contributed by atoms with Crippen molar-refractivity contribution in [3.8, 4) is 0 Å². The summed E-state index contributed by atoms with van der Waals surface area (Å²) in [4.78, 5) is 41.9. The molecule has 2 atom stereocenters. The summed E-state index contributed by atoms with van der Waals surface area (Å²) in [5.74, 6) is -0.798. The van der Waals surface area contributed by atoms with Crippen molar-refractivity contribution in [3.05, 3.63) is 35.4 Å². The molecule has 1 rings (SSSR count). The molecule has 0 fully saturated rings. The number of hydrogen-bond acceptors (Lipinski definition) is 4. The minimum absolute atomic E-state index is 0.0945. The van der Waals surface area contributed by atoms with Crippen LogP contribution in [0.1, 0.15) is 92.8 Å². The van der Waals surface area contributed by atoms with Gasteiger partial charge in [-0.3, -0.25) is 9.59 Å². The van der Waals surface area contributed by atoms with Crippen LogP contribution in [0.4, 0.5) is 4.79 Å². The zero-order chi connectivity index (χ0) is 26.4. The van der Waals surface area contributed by atoms with Crippen molar-refractivity contribution >= 4 is 17.9 Å². The van der Waals surface area contributed by atoms with Crippen molar-refractivity contribution in [1.82, 2.24) is 15.5 Å². The van der Waals surface area contributed by atoms with E-state index in [0.717, 1.165) is 11.1 Å². The van der Waals surface area contributed by atoms with Gasteiger partial charge in [0.2, 0.25) is 11.8 Å². The average molecular weight is 476 g/mol. The van der Waals surface area contributed by atoms with E-state index in [9.17, 15) is 14.4 Å². The summed E-state index contributed by atoms with van der Waals surface area (Å²) < 4.78 is 5.42. The number of rotatable bonds is 9. The molecule has 0 spiro atoms. The predicted molar refractivity (Wildman–Crippen MR) is 136 cm³/mol. The van der Waals surface area contributed by atoms with E-state index in [1.54, 1.807) is 25.7 Å². The van der Waals surface area contributed by atoms with Crippen LogP contribution in [0.15, 0.2) is 24.3 Å². The Bertz CT molecular complexity index is 838. The van der Waals surface area contributed by atoms with E-state index >= 15 is 0 Å². The van der Waals surface area contributed by atoms with Crippen LogP contribution in [0, 0.1) is 12.8 Å². The molecule has 0 bridgehead atoms. The van der Waals surface area contributed by atoms with Gasteiger partial charge in [-0.25, -0.2) is 4.79 Å². The van der Waals surface area contributed by atoms with Crippen molar-refractivity contribution in [1.29, 1.82) is 0 Å². The van der Waals surface area contributed by atoms with Gasteiger partial charge >= 0.3 is 6.09 Å². The largest absolute Gasteiger partial charge is 0.444 e. The first kappa shape index (κ1) is 29.5. The summed E-state index contributed by atoms with van der Waals surface area (Å²) in [6.07, 6.45) is -0.0415. The molecule has 0 saturated carbocycles. The molecule has 0 aliphatic rings. The Morgan fingerprint density at radius 3 is 1.88 bits per heavy atom. The number of nitrogens with one attached hydrogen (secondary N) is 2. The SMILES string of the molecule is CCC(C)(C)N(C(=O)C(NC(=O)OC(C)(C)C)C(C)C)C(C(=O)NC(C)C)c1ccc(C)cc1. The predicted octanol–water partition coefficient (Wildman–Crippen LogP) is 5.13. The minimum Gasteiger partial charge on any atom is -0.444 e. The molecule has 7 heteroatoms. The summed E-state index contributed by atoms with van der Waals surface area (Å²) in [7, 11) is 0. The third-order valence-corrected chi connectivity index (χ3v) is 5.69. The van der Waals surface area contributed by atoms with Crippen LogP contribution in [0.2, 0.25) is 0 Å². The molecule has 192 valence electrons. The molecule has 0 aliphatic carbocycles. The standard InChI is InChI=1S/C27H45N3O4/c1-12-27(10,11)30(24(32)21(17(2)3)29-25(33)34-26(7,8)9)22(23(31)28-18(4)5)20-15-13-19(6)14-16-20/h13-18,21-22H,12H2,1-11H3,(H,28,31)(H,29,33). The molecular weight excluding hydrogens is 430 g/mol. The monoisotopic (exact) mass is 475 g/mol. The van der Waals surface area contributed by atoms with E-state index in [1.165, 1.54) is 0 Å². The molecule has 0 heterocycles. The van der Waals surface area contributed by atoms with E-state index < -0.39 is 29.3 Å². The molecule has 0 aliphatic heterocycles. The first-order chi connectivity index (χ1) is 15.5. The highest BCUT2D eigenvalue weighted by Gasteiger charge is 2.43. The second-order valence-electron chi connectivity index (χ2n) is 11.2. The fourth-order valence-corrected chi connectivity index (χ4v) is 3.57. The van der Waals surface area contributed by atoms with Gasteiger partial charge in [0.15, 0.2) is 0 Å². The Hall–Kier alpha value is -2.57. The lowest BCUT2D eigenvalue weighted by Crippen LogP contribution is -2.60. The lowest BCUT2D eigenvalue weighted by molar-refractivity contribution is -0.150. The quantitative estimate of drug-likeness (QED) is 0.518. The van der Waals surface area contributed by atoms with Crippen LogP contribution in [-0.2, 0) is 14.3 Å². The lowest BCUT2D eigenvalue weighted by atomic mass is 9.90. The maximum absolute atomic E-state index is 14.1. The number of carbonyl (C=O) groups excluding carboxylic acids is 3. The van der Waals surface area contributed by atoms with Crippen molar-refractivity contribution < 1.29 is 19.1 Å². The first-order valence-electron chi connectivity index (χ1n) is 12.2. The topological polar surface area (TPSA) is 87.7 Å². The van der Waals surface area contributed by atoms with Crippen LogP contribution < -0.4 is 10.6 Å².